The van der Waals surface area contributed by atoms with Crippen LogP contribution in [-0.4, -0.2) is 46.1 Å². The van der Waals surface area contributed by atoms with Crippen LogP contribution in [0.25, 0.3) is 0 Å². The van der Waals surface area contributed by atoms with Gasteiger partial charge in [-0.15, -0.1) is 0 Å². The van der Waals surface area contributed by atoms with Gasteiger partial charge in [0, 0.05) is 18.1 Å². The Bertz CT molecular complexity index is 1210. The van der Waals surface area contributed by atoms with Gasteiger partial charge < -0.3 is 19.9 Å². The average molecular weight is 462 g/mol. The number of ether oxygens (including phenoxy) is 2. The lowest BCUT2D eigenvalue weighted by molar-refractivity contribution is -0.157. The summed E-state index contributed by atoms with van der Waals surface area (Å²) in [6.07, 6.45) is -1.26. The predicted octanol–water partition coefficient (Wildman–Crippen LogP) is 3.17. The van der Waals surface area contributed by atoms with Crippen molar-refractivity contribution in [1.82, 2.24) is 4.98 Å². The molecule has 9 nitrogen and oxygen atoms in total. The zero-order valence-electron chi connectivity index (χ0n) is 18.4. The van der Waals surface area contributed by atoms with Crippen LogP contribution in [0.5, 0.6) is 0 Å². The van der Waals surface area contributed by atoms with Crippen molar-refractivity contribution in [2.75, 3.05) is 5.32 Å². The van der Waals surface area contributed by atoms with E-state index in [-0.39, 0.29) is 16.8 Å². The fourth-order valence-electron chi connectivity index (χ4n) is 3.05. The van der Waals surface area contributed by atoms with Gasteiger partial charge in [-0.05, 0) is 50.2 Å². The largest absolute Gasteiger partial charge is 0.478 e. The van der Waals surface area contributed by atoms with E-state index in [0.717, 1.165) is 11.1 Å². The Balaban J connectivity index is 1.91. The van der Waals surface area contributed by atoms with E-state index in [1.807, 2.05) is 0 Å². The van der Waals surface area contributed by atoms with Crippen molar-refractivity contribution in [2.24, 2.45) is 0 Å². The highest BCUT2D eigenvalue weighted by atomic mass is 16.6. The van der Waals surface area contributed by atoms with Crippen LogP contribution >= 0.6 is 0 Å². The number of pyridine rings is 1. The summed E-state index contributed by atoms with van der Waals surface area (Å²) < 4.78 is 10.4. The second-order valence-corrected chi connectivity index (χ2v) is 7.45. The van der Waals surface area contributed by atoms with E-state index >= 15 is 0 Å². The van der Waals surface area contributed by atoms with E-state index in [4.69, 9.17) is 9.47 Å². The lowest BCUT2D eigenvalue weighted by Crippen LogP contribution is -2.48. The molecule has 3 aromatic rings. The fourth-order valence-corrected chi connectivity index (χ4v) is 3.05. The third-order valence-corrected chi connectivity index (χ3v) is 4.70. The molecule has 0 radical (unpaired) electrons. The lowest BCUT2D eigenvalue weighted by Gasteiger charge is -2.23. The van der Waals surface area contributed by atoms with Gasteiger partial charge in [0.1, 0.15) is 0 Å². The summed E-state index contributed by atoms with van der Waals surface area (Å²) in [6.45, 7) is 3.51. The molecule has 0 unspecified atom stereocenters. The first kappa shape index (κ1) is 24.1. The van der Waals surface area contributed by atoms with E-state index in [2.05, 4.69) is 10.3 Å². The Morgan fingerprint density at radius 2 is 1.29 bits per heavy atom. The summed E-state index contributed by atoms with van der Waals surface area (Å²) in [4.78, 5) is 54.3. The van der Waals surface area contributed by atoms with Crippen molar-refractivity contribution < 1.29 is 33.8 Å². The number of amides is 1. The van der Waals surface area contributed by atoms with Crippen LogP contribution in [-0.2, 0) is 19.1 Å². The van der Waals surface area contributed by atoms with E-state index < -0.39 is 36.0 Å². The Hall–Kier alpha value is -4.53. The van der Waals surface area contributed by atoms with Crippen molar-refractivity contribution in [1.29, 1.82) is 0 Å². The first-order valence-corrected chi connectivity index (χ1v) is 10.2. The second kappa shape index (κ2) is 10.9. The van der Waals surface area contributed by atoms with Crippen molar-refractivity contribution in [3.8, 4) is 0 Å². The number of anilines is 1. The number of esters is 2. The molecule has 9 heteroatoms. The van der Waals surface area contributed by atoms with Gasteiger partial charge in [-0.1, -0.05) is 35.4 Å². The average Bonchev–Trinajstić information content (AvgIpc) is 2.81. The molecule has 0 bridgehead atoms. The molecule has 34 heavy (non-hydrogen) atoms. The predicted molar refractivity (Wildman–Crippen MR) is 121 cm³/mol. The quantitative estimate of drug-likeness (QED) is 0.488. The molecule has 0 fully saturated rings. The summed E-state index contributed by atoms with van der Waals surface area (Å²) in [5, 5.41) is 12.2. The highest BCUT2D eigenvalue weighted by Crippen LogP contribution is 2.16. The van der Waals surface area contributed by atoms with Crippen LogP contribution in [0.2, 0.25) is 0 Å². The Labute approximate surface area is 195 Å². The monoisotopic (exact) mass is 462 g/mol. The smallest absolute Gasteiger partial charge is 0.349 e. The van der Waals surface area contributed by atoms with Gasteiger partial charge in [0.25, 0.3) is 5.91 Å². The number of aliphatic carboxylic acids is 1. The van der Waals surface area contributed by atoms with Crippen molar-refractivity contribution in [3.63, 3.8) is 0 Å². The minimum Gasteiger partial charge on any atom is -0.478 e. The van der Waals surface area contributed by atoms with Gasteiger partial charge >= 0.3 is 17.9 Å². The molecule has 0 saturated heterocycles. The van der Waals surface area contributed by atoms with Crippen LogP contribution in [0.1, 0.15) is 31.8 Å². The fraction of sp³-hybridized carbons (Fsp3) is 0.160. The number of carbonyl (C=O) groups excluding carboxylic acids is 3. The second-order valence-electron chi connectivity index (χ2n) is 7.45. The zero-order valence-corrected chi connectivity index (χ0v) is 18.4. The summed E-state index contributed by atoms with van der Waals surface area (Å²) >= 11 is 0. The minimum absolute atomic E-state index is 0.0875. The molecular formula is C25H22N2O7. The molecule has 1 heterocycles. The van der Waals surface area contributed by atoms with Crippen molar-refractivity contribution in [3.05, 3.63) is 95.3 Å². The molecule has 2 atom stereocenters. The SMILES string of the molecule is Cc1cccc(C(=O)O[C@H](C(=O)Nc2ccncc2)[C@@H](OC(=O)c2cccc(C)c2)C(=O)O)c1. The maximum Gasteiger partial charge on any atom is 0.349 e. The first-order valence-electron chi connectivity index (χ1n) is 10.2. The number of carboxylic acid groups (broad SMARTS) is 1. The third kappa shape index (κ3) is 6.26. The van der Waals surface area contributed by atoms with Gasteiger partial charge in [0.2, 0.25) is 12.2 Å². The highest BCUT2D eigenvalue weighted by molar-refractivity contribution is 6.01. The molecule has 2 N–H and O–H groups in total. The number of nitrogens with zero attached hydrogens (tertiary/aromatic N) is 1. The molecule has 0 aliphatic heterocycles. The first-order chi connectivity index (χ1) is 16.2. The number of carbonyl (C=O) groups is 4. The van der Waals surface area contributed by atoms with E-state index in [1.54, 1.807) is 38.1 Å². The normalized spacial score (nSPS) is 12.2. The van der Waals surface area contributed by atoms with E-state index in [9.17, 15) is 24.3 Å². The maximum absolute atomic E-state index is 13.0. The topological polar surface area (TPSA) is 132 Å². The Morgan fingerprint density at radius 1 is 0.794 bits per heavy atom. The molecular weight excluding hydrogens is 440 g/mol. The van der Waals surface area contributed by atoms with Gasteiger partial charge in [0.05, 0.1) is 11.1 Å². The standard InChI is InChI=1S/C25H22N2O7/c1-15-5-3-7-17(13-15)24(31)33-20(22(28)27-19-9-11-26-12-10-19)21(23(29)30)34-25(32)18-8-4-6-16(2)14-18/h3-14,20-21H,1-2H3,(H,29,30)(H,26,27,28)/t20-,21+/m0/s1. The van der Waals surface area contributed by atoms with Gasteiger partial charge in [-0.3, -0.25) is 9.78 Å². The summed E-state index contributed by atoms with van der Waals surface area (Å²) in [5.74, 6) is -4.58. The molecule has 174 valence electrons. The van der Waals surface area contributed by atoms with Crippen molar-refractivity contribution >= 4 is 29.5 Å². The minimum atomic E-state index is -2.11. The number of aromatic nitrogens is 1. The number of nitrogens with one attached hydrogen (secondary N) is 1. The highest BCUT2D eigenvalue weighted by Gasteiger charge is 2.41. The number of benzene rings is 2. The summed E-state index contributed by atoms with van der Waals surface area (Å²) in [7, 11) is 0. The van der Waals surface area contributed by atoms with Crippen LogP contribution in [0.4, 0.5) is 5.69 Å². The van der Waals surface area contributed by atoms with E-state index in [0.29, 0.717) is 0 Å². The lowest BCUT2D eigenvalue weighted by atomic mass is 10.1. The Kier molecular flexibility index (Phi) is 7.71. The molecule has 0 saturated carbocycles. The van der Waals surface area contributed by atoms with Crippen LogP contribution in [0, 0.1) is 13.8 Å². The summed E-state index contributed by atoms with van der Waals surface area (Å²) in [5.41, 5.74) is 1.98. The van der Waals surface area contributed by atoms with Crippen LogP contribution in [0.3, 0.4) is 0 Å². The number of aryl methyl sites for hydroxylation is 2. The van der Waals surface area contributed by atoms with Crippen LogP contribution < -0.4 is 5.32 Å². The van der Waals surface area contributed by atoms with Gasteiger partial charge in [-0.2, -0.15) is 0 Å². The number of carboxylic acids is 1. The van der Waals surface area contributed by atoms with E-state index in [1.165, 1.54) is 48.8 Å². The molecule has 2 aromatic carbocycles. The summed E-state index contributed by atoms with van der Waals surface area (Å²) in [6, 6.07) is 15.6. The maximum atomic E-state index is 13.0. The number of rotatable bonds is 8. The zero-order chi connectivity index (χ0) is 24.7. The Morgan fingerprint density at radius 3 is 1.76 bits per heavy atom. The number of hydrogen-bond donors (Lipinski definition) is 2. The van der Waals surface area contributed by atoms with Gasteiger partial charge in [-0.25, -0.2) is 14.4 Å². The molecule has 1 aromatic heterocycles. The third-order valence-electron chi connectivity index (χ3n) is 4.70. The van der Waals surface area contributed by atoms with Crippen LogP contribution in [0.15, 0.2) is 73.1 Å². The molecule has 3 rings (SSSR count). The molecule has 0 aliphatic rings. The van der Waals surface area contributed by atoms with Crippen molar-refractivity contribution in [2.45, 2.75) is 26.1 Å². The van der Waals surface area contributed by atoms with Gasteiger partial charge in [0.15, 0.2) is 0 Å². The molecule has 1 amide bonds. The molecule has 0 aliphatic carbocycles. The number of hydrogen-bond acceptors (Lipinski definition) is 7. The molecule has 0 spiro atoms.